The normalized spacial score (nSPS) is 16.1. The number of aryl methyl sites for hydroxylation is 3. The van der Waals surface area contributed by atoms with E-state index in [1.165, 1.54) is 16.0 Å². The molecular weight excluding hydrogens is 464 g/mol. The first-order chi connectivity index (χ1) is 16.3. The van der Waals surface area contributed by atoms with Crippen LogP contribution in [-0.2, 0) is 29.4 Å². The molecule has 4 aromatic rings. The first-order valence-corrected chi connectivity index (χ1v) is 13.9. The van der Waals surface area contributed by atoms with E-state index in [4.69, 9.17) is 0 Å². The number of rotatable bonds is 6. The second-order valence-electron chi connectivity index (χ2n) is 8.80. The molecule has 0 aliphatic carbocycles. The van der Waals surface area contributed by atoms with Gasteiger partial charge in [-0.25, -0.2) is 8.42 Å². The van der Waals surface area contributed by atoms with Crippen molar-refractivity contribution in [2.45, 2.75) is 46.2 Å². The molecule has 8 heteroatoms. The third-order valence-electron chi connectivity index (χ3n) is 6.54. The Hall–Kier alpha value is -2.81. The van der Waals surface area contributed by atoms with E-state index < -0.39 is 16.1 Å². The fourth-order valence-electron chi connectivity index (χ4n) is 4.65. The van der Waals surface area contributed by atoms with Crippen LogP contribution in [0.4, 0.5) is 0 Å². The summed E-state index contributed by atoms with van der Waals surface area (Å²) in [5.74, 6) is 1.51. The minimum Gasteiger partial charge on any atom is -0.272 e. The molecular formula is C26H28N4O2S2. The van der Waals surface area contributed by atoms with Gasteiger partial charge < -0.3 is 0 Å². The number of benzene rings is 2. The third kappa shape index (κ3) is 4.21. The fourth-order valence-corrected chi connectivity index (χ4v) is 7.52. The van der Waals surface area contributed by atoms with Gasteiger partial charge in [-0.05, 0) is 50.3 Å². The third-order valence-corrected chi connectivity index (χ3v) is 9.60. The lowest BCUT2D eigenvalue weighted by Gasteiger charge is -2.26. The van der Waals surface area contributed by atoms with Crippen LogP contribution in [-0.4, -0.2) is 33.2 Å². The number of sulfonamides is 1. The lowest BCUT2D eigenvalue weighted by Crippen LogP contribution is -2.35. The second kappa shape index (κ2) is 9.09. The lowest BCUT2D eigenvalue weighted by atomic mass is 10.0. The van der Waals surface area contributed by atoms with E-state index in [1.807, 2.05) is 62.4 Å². The molecule has 0 fully saturated rings. The summed E-state index contributed by atoms with van der Waals surface area (Å²) in [6.07, 6.45) is 1.24. The summed E-state index contributed by atoms with van der Waals surface area (Å²) in [6.45, 7) is 6.30. The number of hydrogen-bond acceptors (Lipinski definition) is 5. The van der Waals surface area contributed by atoms with E-state index in [0.29, 0.717) is 18.8 Å². The zero-order valence-corrected chi connectivity index (χ0v) is 21.2. The molecule has 5 rings (SSSR count). The van der Waals surface area contributed by atoms with Crippen molar-refractivity contribution in [1.82, 2.24) is 19.1 Å². The molecule has 34 heavy (non-hydrogen) atoms. The molecule has 1 aliphatic rings. The smallest absolute Gasteiger partial charge is 0.215 e. The standard InChI is InChI=1S/C26H28N4O2S2/c1-18-25-28-27-20(3)30(25)26-24(23(19(2)33-26)16-22-12-8-5-9-13-22)17-29(18)34(31,32)15-14-21-10-6-4-7-11-21/h4-13,18H,14-17H2,1-3H3/t18-/m0/s1. The zero-order chi connectivity index (χ0) is 23.9. The van der Waals surface area contributed by atoms with Crippen LogP contribution < -0.4 is 0 Å². The van der Waals surface area contributed by atoms with E-state index in [-0.39, 0.29) is 5.75 Å². The Bertz CT molecular complexity index is 1410. The molecule has 1 atom stereocenters. The SMILES string of the molecule is Cc1sc2c(c1Cc1ccccc1)CN(S(=O)(=O)CCc1ccccc1)[C@@H](C)c1nnc(C)n1-2. The van der Waals surface area contributed by atoms with Gasteiger partial charge in [0.2, 0.25) is 10.0 Å². The predicted molar refractivity (Wildman–Crippen MR) is 136 cm³/mol. The van der Waals surface area contributed by atoms with Crippen molar-refractivity contribution in [2.75, 3.05) is 5.75 Å². The molecule has 2 aromatic heterocycles. The highest BCUT2D eigenvalue weighted by Crippen LogP contribution is 2.41. The largest absolute Gasteiger partial charge is 0.272 e. The van der Waals surface area contributed by atoms with Gasteiger partial charge in [0.05, 0.1) is 11.8 Å². The Morgan fingerprint density at radius 2 is 1.62 bits per heavy atom. The quantitative estimate of drug-likeness (QED) is 0.380. The van der Waals surface area contributed by atoms with Gasteiger partial charge in [-0.15, -0.1) is 21.5 Å². The summed E-state index contributed by atoms with van der Waals surface area (Å²) in [5, 5.41) is 9.77. The van der Waals surface area contributed by atoms with E-state index >= 15 is 0 Å². The predicted octanol–water partition coefficient (Wildman–Crippen LogP) is 4.99. The van der Waals surface area contributed by atoms with Gasteiger partial charge in [0.15, 0.2) is 5.82 Å². The van der Waals surface area contributed by atoms with Crippen molar-refractivity contribution < 1.29 is 8.42 Å². The van der Waals surface area contributed by atoms with Crippen molar-refractivity contribution in [2.24, 2.45) is 0 Å². The highest BCUT2D eigenvalue weighted by molar-refractivity contribution is 7.89. The summed E-state index contributed by atoms with van der Waals surface area (Å²) < 4.78 is 31.1. The van der Waals surface area contributed by atoms with Crippen LogP contribution in [0.15, 0.2) is 60.7 Å². The van der Waals surface area contributed by atoms with E-state index in [0.717, 1.165) is 28.4 Å². The van der Waals surface area contributed by atoms with Gasteiger partial charge in [-0.1, -0.05) is 60.7 Å². The van der Waals surface area contributed by atoms with Crippen molar-refractivity contribution in [1.29, 1.82) is 0 Å². The number of nitrogens with zero attached hydrogens (tertiary/aromatic N) is 4. The summed E-state index contributed by atoms with van der Waals surface area (Å²) in [5.41, 5.74) is 4.48. The Labute approximate surface area is 205 Å². The molecule has 176 valence electrons. The highest BCUT2D eigenvalue weighted by atomic mass is 32.2. The van der Waals surface area contributed by atoms with Gasteiger partial charge in [-0.3, -0.25) is 4.57 Å². The molecule has 0 saturated carbocycles. The minimum absolute atomic E-state index is 0.0565. The van der Waals surface area contributed by atoms with Crippen LogP contribution in [0, 0.1) is 13.8 Å². The Kier molecular flexibility index (Phi) is 6.14. The first kappa shape index (κ1) is 23.0. The summed E-state index contributed by atoms with van der Waals surface area (Å²) in [6, 6.07) is 19.7. The molecule has 0 radical (unpaired) electrons. The molecule has 0 spiro atoms. The van der Waals surface area contributed by atoms with Gasteiger partial charge in [0.1, 0.15) is 10.8 Å². The highest BCUT2D eigenvalue weighted by Gasteiger charge is 2.37. The van der Waals surface area contributed by atoms with Gasteiger partial charge in [0, 0.05) is 17.0 Å². The van der Waals surface area contributed by atoms with E-state index in [2.05, 4.69) is 33.8 Å². The number of fused-ring (bicyclic) bond motifs is 3. The van der Waals surface area contributed by atoms with Gasteiger partial charge >= 0.3 is 0 Å². The van der Waals surface area contributed by atoms with Crippen LogP contribution in [0.1, 0.15) is 51.7 Å². The molecule has 6 nitrogen and oxygen atoms in total. The monoisotopic (exact) mass is 492 g/mol. The maximum Gasteiger partial charge on any atom is 0.215 e. The molecule has 0 amide bonds. The number of aromatic nitrogens is 3. The van der Waals surface area contributed by atoms with Gasteiger partial charge in [0.25, 0.3) is 0 Å². The first-order valence-electron chi connectivity index (χ1n) is 11.5. The van der Waals surface area contributed by atoms with Crippen molar-refractivity contribution >= 4 is 21.4 Å². The fraction of sp³-hybridized carbons (Fsp3) is 0.308. The lowest BCUT2D eigenvalue weighted by molar-refractivity contribution is 0.328. The molecule has 0 saturated heterocycles. The molecule has 0 N–H and O–H groups in total. The van der Waals surface area contributed by atoms with Crippen molar-refractivity contribution in [3.05, 3.63) is 99.4 Å². The summed E-state index contributed by atoms with van der Waals surface area (Å²) in [4.78, 5) is 1.20. The molecule has 0 bridgehead atoms. The van der Waals surface area contributed by atoms with Crippen LogP contribution in [0.2, 0.25) is 0 Å². The van der Waals surface area contributed by atoms with Gasteiger partial charge in [-0.2, -0.15) is 4.31 Å². The van der Waals surface area contributed by atoms with Crippen LogP contribution in [0.25, 0.3) is 5.00 Å². The number of thiophene rings is 1. The topological polar surface area (TPSA) is 68.1 Å². The maximum atomic E-state index is 13.7. The van der Waals surface area contributed by atoms with Crippen molar-refractivity contribution in [3.8, 4) is 5.00 Å². The molecule has 2 aromatic carbocycles. The average molecular weight is 493 g/mol. The molecule has 1 aliphatic heterocycles. The van der Waals surface area contributed by atoms with E-state index in [1.54, 1.807) is 15.6 Å². The molecule has 3 heterocycles. The number of hydrogen-bond donors (Lipinski definition) is 0. The molecule has 0 unspecified atom stereocenters. The summed E-state index contributed by atoms with van der Waals surface area (Å²) >= 11 is 1.70. The zero-order valence-electron chi connectivity index (χ0n) is 19.6. The van der Waals surface area contributed by atoms with Crippen LogP contribution >= 0.6 is 11.3 Å². The Morgan fingerprint density at radius 3 is 2.29 bits per heavy atom. The van der Waals surface area contributed by atoms with Crippen molar-refractivity contribution in [3.63, 3.8) is 0 Å². The second-order valence-corrected chi connectivity index (χ2v) is 12.0. The summed E-state index contributed by atoms with van der Waals surface area (Å²) in [7, 11) is -3.55. The average Bonchev–Trinajstić information content (AvgIpc) is 3.32. The maximum absolute atomic E-state index is 13.7. The minimum atomic E-state index is -3.55. The Morgan fingerprint density at radius 1 is 0.971 bits per heavy atom. The van der Waals surface area contributed by atoms with Crippen LogP contribution in [0.3, 0.4) is 0 Å². The Balaban J connectivity index is 1.57. The van der Waals surface area contributed by atoms with E-state index in [9.17, 15) is 8.42 Å². The van der Waals surface area contributed by atoms with Crippen LogP contribution in [0.5, 0.6) is 0 Å².